The Morgan fingerprint density at radius 3 is 1.58 bits per heavy atom. The molecule has 7 N–H and O–H groups in total. The van der Waals surface area contributed by atoms with E-state index in [0.29, 0.717) is 19.3 Å². The summed E-state index contributed by atoms with van der Waals surface area (Å²) in [6, 6.07) is -1.03. The average molecular weight is 838 g/mol. The second-order valence-corrected chi connectivity index (χ2v) is 17.2. The third-order valence-electron chi connectivity index (χ3n) is 10.9. The zero-order valence-corrected chi connectivity index (χ0v) is 36.3. The Balaban J connectivity index is 2.46. The van der Waals surface area contributed by atoms with E-state index in [2.05, 4.69) is 35.5 Å². The first-order valence-corrected chi connectivity index (χ1v) is 24.0. The molecule has 0 aromatic carbocycles. The van der Waals surface area contributed by atoms with Gasteiger partial charge in [-0.1, -0.05) is 167 Å². The number of hydrogen-bond acceptors (Lipinski definition) is 11. The van der Waals surface area contributed by atoms with Crippen LogP contribution in [0.15, 0.2) is 12.2 Å². The number of hydrogen-bond donors (Lipinski definition) is 7. The second kappa shape index (κ2) is 34.5. The van der Waals surface area contributed by atoms with Gasteiger partial charge in [-0.15, -0.1) is 0 Å². The standard InChI is InChI=1S/C43H83NO12S/c1-3-5-7-9-11-13-14-15-16-17-18-19-20-21-22-23-24-26-28-30-32-37(47)42(50)44-35(36(46)31-29-27-25-12-10-8-6-4-2)34-54-43-40(49)41(56-57(51,52)53)39(48)38(33-45)55-43/h19-20,35-41,43,45-49H,3-18,21-34H2,1-2H3,(H,44,50)(H,51,52,53)/b20-19-. The Morgan fingerprint density at radius 1 is 0.684 bits per heavy atom. The zero-order chi connectivity index (χ0) is 42.2. The normalized spacial score (nSPS) is 21.9. The number of aliphatic hydroxyl groups is 5. The van der Waals surface area contributed by atoms with Crippen LogP contribution in [0.4, 0.5) is 0 Å². The van der Waals surface area contributed by atoms with Gasteiger partial charge in [0.25, 0.3) is 0 Å². The number of carbonyl (C=O) groups is 1. The molecule has 1 heterocycles. The van der Waals surface area contributed by atoms with Crippen molar-refractivity contribution >= 4 is 16.3 Å². The molecule has 1 fully saturated rings. The van der Waals surface area contributed by atoms with Crippen molar-refractivity contribution < 1.29 is 57.0 Å². The Labute approximate surface area is 345 Å². The summed E-state index contributed by atoms with van der Waals surface area (Å²) in [6.45, 7) is 3.22. The molecule has 57 heavy (non-hydrogen) atoms. The molecule has 1 rings (SSSR count). The Morgan fingerprint density at radius 2 is 1.12 bits per heavy atom. The SMILES string of the molecule is CCCCCCCCCCCC/C=C\CCCCCCCCC(O)C(=O)NC(COC1OC(CO)C(O)C(OS(=O)(=O)O)C1O)C(O)CCCCCCCCCC. The molecule has 1 aliphatic heterocycles. The molecule has 13 nitrogen and oxygen atoms in total. The maximum atomic E-state index is 13.1. The maximum Gasteiger partial charge on any atom is 0.397 e. The lowest BCUT2D eigenvalue weighted by Crippen LogP contribution is -2.61. The summed E-state index contributed by atoms with van der Waals surface area (Å²) in [5, 5.41) is 55.1. The van der Waals surface area contributed by atoms with Gasteiger partial charge in [0.15, 0.2) is 6.29 Å². The Kier molecular flexibility index (Phi) is 32.6. The highest BCUT2D eigenvalue weighted by molar-refractivity contribution is 7.80. The summed E-state index contributed by atoms with van der Waals surface area (Å²) in [4.78, 5) is 13.1. The van der Waals surface area contributed by atoms with Crippen molar-refractivity contribution in [1.29, 1.82) is 0 Å². The monoisotopic (exact) mass is 838 g/mol. The number of carbonyl (C=O) groups excluding carboxylic acids is 1. The summed E-state index contributed by atoms with van der Waals surface area (Å²) >= 11 is 0. The third-order valence-corrected chi connectivity index (χ3v) is 11.4. The largest absolute Gasteiger partial charge is 0.397 e. The summed E-state index contributed by atoms with van der Waals surface area (Å²) in [6.07, 6.45) is 24.3. The van der Waals surface area contributed by atoms with E-state index in [-0.39, 0.29) is 6.42 Å². The molecule has 14 heteroatoms. The topological polar surface area (TPSA) is 212 Å². The van der Waals surface area contributed by atoms with Crippen LogP contribution < -0.4 is 5.32 Å². The molecule has 0 aromatic rings. The molecule has 8 atom stereocenters. The van der Waals surface area contributed by atoms with Crippen molar-refractivity contribution in [2.75, 3.05) is 13.2 Å². The minimum Gasteiger partial charge on any atom is -0.394 e. The average Bonchev–Trinajstić information content (AvgIpc) is 3.18. The Hall–Kier alpha value is -1.20. The van der Waals surface area contributed by atoms with Gasteiger partial charge in [0.2, 0.25) is 5.91 Å². The molecule has 0 saturated carbocycles. The first-order valence-electron chi connectivity index (χ1n) is 22.7. The molecular weight excluding hydrogens is 755 g/mol. The van der Waals surface area contributed by atoms with Crippen LogP contribution in [-0.4, -0.2) is 107 Å². The number of aliphatic hydroxyl groups excluding tert-OH is 5. The van der Waals surface area contributed by atoms with Crippen LogP contribution >= 0.6 is 0 Å². The van der Waals surface area contributed by atoms with Crippen molar-refractivity contribution in [2.45, 2.75) is 243 Å². The van der Waals surface area contributed by atoms with Gasteiger partial charge in [0.05, 0.1) is 25.4 Å². The number of unbranched alkanes of at least 4 members (excludes halogenated alkanes) is 23. The predicted molar refractivity (Wildman–Crippen MR) is 224 cm³/mol. The molecule has 1 aliphatic rings. The van der Waals surface area contributed by atoms with Crippen LogP contribution in [-0.2, 0) is 28.9 Å². The minimum absolute atomic E-state index is 0.254. The summed E-state index contributed by atoms with van der Waals surface area (Å²) < 4.78 is 47.4. The summed E-state index contributed by atoms with van der Waals surface area (Å²) in [7, 11) is -5.10. The van der Waals surface area contributed by atoms with E-state index in [4.69, 9.17) is 14.0 Å². The molecule has 8 unspecified atom stereocenters. The molecule has 0 bridgehead atoms. The smallest absolute Gasteiger partial charge is 0.394 e. The lowest BCUT2D eigenvalue weighted by molar-refractivity contribution is -0.298. The fourth-order valence-corrected chi connectivity index (χ4v) is 7.79. The van der Waals surface area contributed by atoms with Gasteiger partial charge in [0, 0.05) is 0 Å². The minimum atomic E-state index is -5.10. The van der Waals surface area contributed by atoms with E-state index in [0.717, 1.165) is 64.2 Å². The quantitative estimate of drug-likeness (QED) is 0.0185. The number of nitrogens with one attached hydrogen (secondary N) is 1. The van der Waals surface area contributed by atoms with Gasteiger partial charge in [-0.2, -0.15) is 8.42 Å². The van der Waals surface area contributed by atoms with Crippen molar-refractivity contribution in [2.24, 2.45) is 0 Å². The van der Waals surface area contributed by atoms with Gasteiger partial charge in [-0.05, 0) is 38.5 Å². The summed E-state index contributed by atoms with van der Waals surface area (Å²) in [5.74, 6) is -0.676. The van der Waals surface area contributed by atoms with E-state index < -0.39 is 78.5 Å². The third kappa shape index (κ3) is 27.3. The van der Waals surface area contributed by atoms with Crippen LogP contribution in [0.5, 0.6) is 0 Å². The van der Waals surface area contributed by atoms with E-state index in [9.17, 15) is 38.7 Å². The van der Waals surface area contributed by atoms with Crippen LogP contribution in [0.3, 0.4) is 0 Å². The first-order chi connectivity index (χ1) is 27.4. The number of allylic oxidation sites excluding steroid dienone is 2. The second-order valence-electron chi connectivity index (χ2n) is 16.1. The van der Waals surface area contributed by atoms with Gasteiger partial charge in [-0.25, -0.2) is 4.18 Å². The maximum absolute atomic E-state index is 13.1. The number of amides is 1. The molecule has 1 amide bonds. The number of ether oxygens (including phenoxy) is 2. The fourth-order valence-electron chi connectivity index (χ4n) is 7.28. The van der Waals surface area contributed by atoms with Gasteiger partial charge in [-0.3, -0.25) is 9.35 Å². The van der Waals surface area contributed by atoms with Crippen molar-refractivity contribution in [3.63, 3.8) is 0 Å². The van der Waals surface area contributed by atoms with Gasteiger partial charge < -0.3 is 40.3 Å². The fraction of sp³-hybridized carbons (Fsp3) is 0.930. The highest BCUT2D eigenvalue weighted by Gasteiger charge is 2.48. The molecule has 0 aliphatic carbocycles. The first kappa shape index (κ1) is 53.8. The number of rotatable bonds is 38. The highest BCUT2D eigenvalue weighted by atomic mass is 32.3. The highest BCUT2D eigenvalue weighted by Crippen LogP contribution is 2.26. The van der Waals surface area contributed by atoms with Crippen LogP contribution in [0, 0.1) is 0 Å². The Bertz CT molecular complexity index is 1100. The van der Waals surface area contributed by atoms with Crippen LogP contribution in [0.1, 0.15) is 194 Å². The van der Waals surface area contributed by atoms with Crippen molar-refractivity contribution in [1.82, 2.24) is 5.32 Å². The summed E-state index contributed by atoms with van der Waals surface area (Å²) in [5.41, 5.74) is 0. The molecule has 1 saturated heterocycles. The predicted octanol–water partition coefficient (Wildman–Crippen LogP) is 7.36. The zero-order valence-electron chi connectivity index (χ0n) is 35.5. The van der Waals surface area contributed by atoms with Crippen LogP contribution in [0.25, 0.3) is 0 Å². The van der Waals surface area contributed by atoms with E-state index >= 15 is 0 Å². The van der Waals surface area contributed by atoms with Crippen LogP contribution in [0.2, 0.25) is 0 Å². The lowest BCUT2D eigenvalue weighted by atomic mass is 9.99. The molecule has 0 spiro atoms. The van der Waals surface area contributed by atoms with Gasteiger partial charge in [0.1, 0.15) is 30.5 Å². The van der Waals surface area contributed by atoms with Crippen molar-refractivity contribution in [3.05, 3.63) is 12.2 Å². The molecule has 338 valence electrons. The van der Waals surface area contributed by atoms with Crippen molar-refractivity contribution in [3.8, 4) is 0 Å². The van der Waals surface area contributed by atoms with Gasteiger partial charge >= 0.3 is 10.4 Å². The molecule has 0 radical (unpaired) electrons. The molecule has 0 aromatic heterocycles. The lowest BCUT2D eigenvalue weighted by Gasteiger charge is -2.41. The van der Waals surface area contributed by atoms with E-state index in [1.54, 1.807) is 0 Å². The van der Waals surface area contributed by atoms with E-state index in [1.165, 1.54) is 89.9 Å². The molecular formula is C43H83NO12S. The van der Waals surface area contributed by atoms with E-state index in [1.807, 2.05) is 0 Å².